The van der Waals surface area contributed by atoms with Gasteiger partial charge in [0.25, 0.3) is 0 Å². The Hall–Kier alpha value is -1.91. The Morgan fingerprint density at radius 2 is 1.83 bits per heavy atom. The summed E-state index contributed by atoms with van der Waals surface area (Å²) < 4.78 is 5.41. The fourth-order valence-electron chi connectivity index (χ4n) is 3.27. The molecule has 0 spiro atoms. The molecule has 6 heteroatoms. The summed E-state index contributed by atoms with van der Waals surface area (Å²) in [4.78, 5) is 14.5. The van der Waals surface area contributed by atoms with Crippen LogP contribution in [0.2, 0.25) is 10.0 Å². The number of carbonyl (C=O) groups is 1. The van der Waals surface area contributed by atoms with Gasteiger partial charge in [-0.2, -0.15) is 0 Å². The number of fused-ring (bicyclic) bond motifs is 1. The number of amides is 1. The monoisotopic (exact) mass is 436 g/mol. The maximum atomic E-state index is 12.2. The van der Waals surface area contributed by atoms with Crippen LogP contribution in [-0.4, -0.2) is 24.3 Å². The average molecular weight is 437 g/mol. The Morgan fingerprint density at radius 3 is 2.48 bits per heavy atom. The molecule has 0 bridgehead atoms. The molecule has 1 amide bonds. The fraction of sp³-hybridized carbons (Fsp3) is 0.435. The number of ether oxygens (including phenoxy) is 1. The predicted molar refractivity (Wildman–Crippen MR) is 122 cm³/mol. The Morgan fingerprint density at radius 1 is 1.14 bits per heavy atom. The van der Waals surface area contributed by atoms with Gasteiger partial charge in [-0.25, -0.2) is 4.79 Å². The highest BCUT2D eigenvalue weighted by Gasteiger charge is 2.27. The van der Waals surface area contributed by atoms with Crippen LogP contribution in [0.1, 0.15) is 45.7 Å². The lowest BCUT2D eigenvalue weighted by atomic mass is 9.97. The van der Waals surface area contributed by atoms with Gasteiger partial charge in [0.15, 0.2) is 0 Å². The van der Waals surface area contributed by atoms with Crippen LogP contribution in [0, 0.1) is 0 Å². The number of halogens is 2. The number of hydrogen-bond donors (Lipinski definition) is 1. The van der Waals surface area contributed by atoms with Crippen molar-refractivity contribution < 1.29 is 9.53 Å². The molecule has 1 aliphatic heterocycles. The van der Waals surface area contributed by atoms with E-state index >= 15 is 0 Å². The van der Waals surface area contributed by atoms with E-state index in [1.807, 2.05) is 65.0 Å². The molecule has 2 aromatic carbocycles. The molecule has 1 atom stereocenters. The summed E-state index contributed by atoms with van der Waals surface area (Å²) in [5.74, 6) is 0. The summed E-state index contributed by atoms with van der Waals surface area (Å²) in [7, 11) is 0. The summed E-state index contributed by atoms with van der Waals surface area (Å²) in [5, 5.41) is 4.09. The molecule has 0 aromatic heterocycles. The first-order valence-electron chi connectivity index (χ1n) is 9.97. The van der Waals surface area contributed by atoms with E-state index < -0.39 is 5.60 Å². The number of para-hydroxylation sites is 1. The van der Waals surface area contributed by atoms with Crippen molar-refractivity contribution in [2.45, 2.75) is 59.2 Å². The molecule has 2 aromatic rings. The van der Waals surface area contributed by atoms with Gasteiger partial charge in [0.05, 0.1) is 16.1 Å². The second-order valence-electron chi connectivity index (χ2n) is 7.80. The molecular weight excluding hydrogens is 407 g/mol. The van der Waals surface area contributed by atoms with E-state index in [0.717, 1.165) is 12.0 Å². The van der Waals surface area contributed by atoms with E-state index in [9.17, 15) is 4.79 Å². The zero-order chi connectivity index (χ0) is 21.6. The van der Waals surface area contributed by atoms with Crippen molar-refractivity contribution in [3.05, 3.63) is 63.6 Å². The molecule has 1 unspecified atom stereocenters. The first-order chi connectivity index (χ1) is 13.7. The molecule has 0 fully saturated rings. The third kappa shape index (κ3) is 6.83. The maximum absolute atomic E-state index is 12.2. The quantitative estimate of drug-likeness (QED) is 0.598. The van der Waals surface area contributed by atoms with Gasteiger partial charge in [-0.05, 0) is 56.5 Å². The van der Waals surface area contributed by atoms with Crippen molar-refractivity contribution >= 4 is 35.0 Å². The van der Waals surface area contributed by atoms with Crippen LogP contribution in [0.3, 0.4) is 0 Å². The molecule has 0 radical (unpaired) electrons. The molecule has 158 valence electrons. The fourth-order valence-corrected chi connectivity index (χ4v) is 3.59. The number of carbonyl (C=O) groups excluding carboxylic acids is 1. The Bertz CT molecular complexity index is 834. The SMILES string of the molecule is CC.CC(C)(C)OC(=O)NC1Cc2ccccc2N(Cc2ccc(Cl)c(Cl)c2)C1. The summed E-state index contributed by atoms with van der Waals surface area (Å²) in [6.07, 6.45) is 0.383. The first-order valence-corrected chi connectivity index (χ1v) is 10.7. The molecule has 1 N–H and O–H groups in total. The number of hydrogen-bond acceptors (Lipinski definition) is 3. The van der Waals surface area contributed by atoms with Gasteiger partial charge in [-0.1, -0.05) is 61.3 Å². The zero-order valence-electron chi connectivity index (χ0n) is 17.8. The van der Waals surface area contributed by atoms with E-state index in [4.69, 9.17) is 27.9 Å². The van der Waals surface area contributed by atoms with E-state index in [2.05, 4.69) is 22.3 Å². The van der Waals surface area contributed by atoms with Gasteiger partial charge in [-0.3, -0.25) is 0 Å². The van der Waals surface area contributed by atoms with Gasteiger partial charge in [0.2, 0.25) is 0 Å². The normalized spacial score (nSPS) is 15.7. The lowest BCUT2D eigenvalue weighted by Crippen LogP contribution is -2.49. The van der Waals surface area contributed by atoms with E-state index in [0.29, 0.717) is 23.1 Å². The largest absolute Gasteiger partial charge is 0.444 e. The zero-order valence-corrected chi connectivity index (χ0v) is 19.3. The molecule has 3 rings (SSSR count). The van der Waals surface area contributed by atoms with E-state index in [1.165, 1.54) is 11.3 Å². The molecule has 1 aliphatic rings. The van der Waals surface area contributed by atoms with Crippen LogP contribution in [0.4, 0.5) is 10.5 Å². The lowest BCUT2D eigenvalue weighted by Gasteiger charge is -2.36. The third-order valence-corrected chi connectivity index (χ3v) is 5.06. The van der Waals surface area contributed by atoms with Crippen molar-refractivity contribution in [2.24, 2.45) is 0 Å². The van der Waals surface area contributed by atoms with Crippen LogP contribution in [0.15, 0.2) is 42.5 Å². The van der Waals surface area contributed by atoms with Crippen LogP contribution in [0.5, 0.6) is 0 Å². The standard InChI is InChI=1S/C21H24Cl2N2O2.C2H6/c1-21(2,3)27-20(26)24-16-11-15-6-4-5-7-19(15)25(13-16)12-14-8-9-17(22)18(23)10-14;1-2/h4-10,16H,11-13H2,1-3H3,(H,24,26);1-2H3. The number of nitrogens with one attached hydrogen (secondary N) is 1. The Labute approximate surface area is 184 Å². The minimum atomic E-state index is -0.517. The van der Waals surface area contributed by atoms with Crippen molar-refractivity contribution in [1.29, 1.82) is 0 Å². The van der Waals surface area contributed by atoms with Crippen LogP contribution < -0.4 is 10.2 Å². The third-order valence-electron chi connectivity index (χ3n) is 4.32. The van der Waals surface area contributed by atoms with Gasteiger partial charge in [-0.15, -0.1) is 0 Å². The number of anilines is 1. The Balaban J connectivity index is 0.00000145. The number of rotatable bonds is 3. The first kappa shape index (κ1) is 23.4. The molecule has 0 aliphatic carbocycles. The van der Waals surface area contributed by atoms with Crippen LogP contribution in [0.25, 0.3) is 0 Å². The van der Waals surface area contributed by atoms with Gasteiger partial charge in [0.1, 0.15) is 5.60 Å². The molecule has 4 nitrogen and oxygen atoms in total. The van der Waals surface area contributed by atoms with Crippen LogP contribution in [-0.2, 0) is 17.7 Å². The topological polar surface area (TPSA) is 41.6 Å². The minimum absolute atomic E-state index is 0.0301. The van der Waals surface area contributed by atoms with Gasteiger partial charge in [0, 0.05) is 18.8 Å². The summed E-state index contributed by atoms with van der Waals surface area (Å²) in [6, 6.07) is 13.9. The maximum Gasteiger partial charge on any atom is 0.407 e. The Kier molecular flexibility index (Phi) is 8.23. The average Bonchev–Trinajstić information content (AvgIpc) is 2.65. The van der Waals surface area contributed by atoms with Crippen molar-refractivity contribution in [3.8, 4) is 0 Å². The van der Waals surface area contributed by atoms with E-state index in [1.54, 1.807) is 0 Å². The smallest absolute Gasteiger partial charge is 0.407 e. The van der Waals surface area contributed by atoms with Crippen molar-refractivity contribution in [3.63, 3.8) is 0 Å². The van der Waals surface area contributed by atoms with Crippen molar-refractivity contribution in [2.75, 3.05) is 11.4 Å². The van der Waals surface area contributed by atoms with Crippen LogP contribution >= 0.6 is 23.2 Å². The highest BCUT2D eigenvalue weighted by Crippen LogP contribution is 2.30. The molecule has 1 heterocycles. The summed E-state index contributed by atoms with van der Waals surface area (Å²) >= 11 is 12.2. The molecule has 29 heavy (non-hydrogen) atoms. The van der Waals surface area contributed by atoms with Crippen molar-refractivity contribution in [1.82, 2.24) is 5.32 Å². The lowest BCUT2D eigenvalue weighted by molar-refractivity contribution is 0.0504. The highest BCUT2D eigenvalue weighted by molar-refractivity contribution is 6.42. The number of benzene rings is 2. The number of nitrogens with zero attached hydrogens (tertiary/aromatic N) is 1. The van der Waals surface area contributed by atoms with Gasteiger partial charge < -0.3 is 15.0 Å². The predicted octanol–water partition coefficient (Wildman–Crippen LogP) is 6.48. The number of alkyl carbamates (subject to hydrolysis) is 1. The van der Waals surface area contributed by atoms with E-state index in [-0.39, 0.29) is 12.1 Å². The second kappa shape index (κ2) is 10.2. The summed E-state index contributed by atoms with van der Waals surface area (Å²) in [5.41, 5.74) is 2.92. The van der Waals surface area contributed by atoms with Gasteiger partial charge >= 0.3 is 6.09 Å². The highest BCUT2D eigenvalue weighted by atomic mass is 35.5. The second-order valence-corrected chi connectivity index (χ2v) is 8.62. The summed E-state index contributed by atoms with van der Waals surface area (Å²) in [6.45, 7) is 11.0. The molecule has 0 saturated heterocycles. The minimum Gasteiger partial charge on any atom is -0.444 e. The molecular formula is C23H30Cl2N2O2. The molecule has 0 saturated carbocycles.